The molecule has 110 valence electrons. The Labute approximate surface area is 119 Å². The van der Waals surface area contributed by atoms with E-state index in [2.05, 4.69) is 26.1 Å². The van der Waals surface area contributed by atoms with E-state index >= 15 is 0 Å². The van der Waals surface area contributed by atoms with Crippen molar-refractivity contribution in [3.63, 3.8) is 0 Å². The normalized spacial score (nSPS) is 12.1. The molecule has 0 radical (unpaired) electrons. The highest BCUT2D eigenvalue weighted by atomic mass is 16.5. The smallest absolute Gasteiger partial charge is 0.338 e. The van der Waals surface area contributed by atoms with Gasteiger partial charge in [0.1, 0.15) is 0 Å². The molecule has 0 bridgehead atoms. The van der Waals surface area contributed by atoms with Crippen LogP contribution < -0.4 is 11.1 Å². The number of nitrogens with two attached hydrogens (primary N) is 1. The molecule has 0 aliphatic rings. The molecule has 0 unspecified atom stereocenters. The van der Waals surface area contributed by atoms with Gasteiger partial charge in [0.2, 0.25) is 0 Å². The van der Waals surface area contributed by atoms with E-state index in [1.165, 1.54) is 0 Å². The number of primary amides is 1. The fourth-order valence-corrected chi connectivity index (χ4v) is 1.64. The van der Waals surface area contributed by atoms with E-state index in [1.807, 2.05) is 13.0 Å². The first kappa shape index (κ1) is 16.0. The van der Waals surface area contributed by atoms with Gasteiger partial charge in [0, 0.05) is 11.7 Å². The summed E-state index contributed by atoms with van der Waals surface area (Å²) in [5, 5.41) is 3.37. The Morgan fingerprint density at radius 3 is 2.50 bits per heavy atom. The van der Waals surface area contributed by atoms with Gasteiger partial charge in [-0.1, -0.05) is 19.9 Å². The maximum atomic E-state index is 11.9. The SMILES string of the molecule is Cc1c(N[C@H](C)C(C)C)cccc1C(=O)OCC(N)=O. The second-order valence-corrected chi connectivity index (χ2v) is 5.20. The predicted octanol–water partition coefficient (Wildman–Crippen LogP) is 2.09. The molecule has 5 nitrogen and oxygen atoms in total. The lowest BCUT2D eigenvalue weighted by atomic mass is 10.0. The van der Waals surface area contributed by atoms with E-state index in [9.17, 15) is 9.59 Å². The zero-order valence-electron chi connectivity index (χ0n) is 12.4. The molecule has 20 heavy (non-hydrogen) atoms. The van der Waals surface area contributed by atoms with Crippen LogP contribution in [0.15, 0.2) is 18.2 Å². The van der Waals surface area contributed by atoms with Gasteiger partial charge >= 0.3 is 5.97 Å². The van der Waals surface area contributed by atoms with Crippen molar-refractivity contribution in [2.75, 3.05) is 11.9 Å². The summed E-state index contributed by atoms with van der Waals surface area (Å²) in [6, 6.07) is 5.65. The Hall–Kier alpha value is -2.04. The zero-order chi connectivity index (χ0) is 15.3. The van der Waals surface area contributed by atoms with Crippen LogP contribution in [0, 0.1) is 12.8 Å². The van der Waals surface area contributed by atoms with Gasteiger partial charge in [-0.15, -0.1) is 0 Å². The van der Waals surface area contributed by atoms with Crippen molar-refractivity contribution in [2.45, 2.75) is 33.7 Å². The monoisotopic (exact) mass is 278 g/mol. The highest BCUT2D eigenvalue weighted by Crippen LogP contribution is 2.21. The van der Waals surface area contributed by atoms with Crippen LogP contribution in [0.1, 0.15) is 36.7 Å². The number of ether oxygens (including phenoxy) is 1. The first-order valence-electron chi connectivity index (χ1n) is 6.64. The Morgan fingerprint density at radius 2 is 1.95 bits per heavy atom. The van der Waals surface area contributed by atoms with Crippen LogP contribution in [0.3, 0.4) is 0 Å². The number of hydrogen-bond acceptors (Lipinski definition) is 4. The van der Waals surface area contributed by atoms with Gasteiger partial charge in [0.25, 0.3) is 5.91 Å². The molecule has 1 aromatic carbocycles. The molecule has 0 aliphatic carbocycles. The second-order valence-electron chi connectivity index (χ2n) is 5.20. The average molecular weight is 278 g/mol. The molecule has 1 amide bonds. The molecule has 1 atom stereocenters. The van der Waals surface area contributed by atoms with Crippen molar-refractivity contribution in [2.24, 2.45) is 11.7 Å². The minimum Gasteiger partial charge on any atom is -0.452 e. The van der Waals surface area contributed by atoms with Crippen LogP contribution in [-0.4, -0.2) is 24.5 Å². The van der Waals surface area contributed by atoms with Gasteiger partial charge in [0.15, 0.2) is 6.61 Å². The first-order chi connectivity index (χ1) is 9.32. The molecule has 0 saturated carbocycles. The summed E-state index contributed by atoms with van der Waals surface area (Å²) < 4.78 is 4.84. The van der Waals surface area contributed by atoms with Gasteiger partial charge < -0.3 is 15.8 Å². The lowest BCUT2D eigenvalue weighted by Crippen LogP contribution is -2.23. The minimum absolute atomic E-state index is 0.283. The van der Waals surface area contributed by atoms with Crippen molar-refractivity contribution < 1.29 is 14.3 Å². The van der Waals surface area contributed by atoms with Gasteiger partial charge in [0.05, 0.1) is 5.56 Å². The number of benzene rings is 1. The first-order valence-corrected chi connectivity index (χ1v) is 6.64. The highest BCUT2D eigenvalue weighted by Gasteiger charge is 2.15. The van der Waals surface area contributed by atoms with Gasteiger partial charge in [-0.25, -0.2) is 4.79 Å². The summed E-state index contributed by atoms with van der Waals surface area (Å²) >= 11 is 0. The molecule has 5 heteroatoms. The van der Waals surface area contributed by atoms with E-state index in [0.717, 1.165) is 11.3 Å². The van der Waals surface area contributed by atoms with Crippen molar-refractivity contribution in [1.29, 1.82) is 0 Å². The molecule has 1 aromatic rings. The Morgan fingerprint density at radius 1 is 1.30 bits per heavy atom. The predicted molar refractivity (Wildman–Crippen MR) is 78.6 cm³/mol. The molecular formula is C15H22N2O3. The fourth-order valence-electron chi connectivity index (χ4n) is 1.64. The molecular weight excluding hydrogens is 256 g/mol. The fraction of sp³-hybridized carbons (Fsp3) is 0.467. The highest BCUT2D eigenvalue weighted by molar-refractivity contribution is 5.94. The van der Waals surface area contributed by atoms with Crippen LogP contribution in [0.4, 0.5) is 5.69 Å². The maximum Gasteiger partial charge on any atom is 0.338 e. The summed E-state index contributed by atoms with van der Waals surface area (Å²) in [5.74, 6) is -0.735. The molecule has 0 aliphatic heterocycles. The Kier molecular flexibility index (Phi) is 5.55. The molecule has 0 spiro atoms. The number of nitrogens with one attached hydrogen (secondary N) is 1. The van der Waals surface area contributed by atoms with Crippen LogP contribution in [0.5, 0.6) is 0 Å². The number of hydrogen-bond donors (Lipinski definition) is 2. The molecule has 3 N–H and O–H groups in total. The third-order valence-electron chi connectivity index (χ3n) is 3.28. The van der Waals surface area contributed by atoms with E-state index in [0.29, 0.717) is 11.5 Å². The summed E-state index contributed by atoms with van der Waals surface area (Å²) in [4.78, 5) is 22.5. The summed E-state index contributed by atoms with van der Waals surface area (Å²) in [6.45, 7) is 7.77. The second kappa shape index (κ2) is 6.93. The van der Waals surface area contributed by atoms with Gasteiger partial charge in [-0.3, -0.25) is 4.79 Å². The van der Waals surface area contributed by atoms with Crippen LogP contribution >= 0.6 is 0 Å². The van der Waals surface area contributed by atoms with Gasteiger partial charge in [-0.2, -0.15) is 0 Å². The van der Waals surface area contributed by atoms with E-state index < -0.39 is 18.5 Å². The van der Waals surface area contributed by atoms with Crippen molar-refractivity contribution in [3.8, 4) is 0 Å². The average Bonchev–Trinajstić information content (AvgIpc) is 2.38. The van der Waals surface area contributed by atoms with E-state index in [1.54, 1.807) is 12.1 Å². The number of esters is 1. The number of rotatable bonds is 6. The number of anilines is 1. The van der Waals surface area contributed by atoms with Gasteiger partial charge in [-0.05, 0) is 37.5 Å². The summed E-state index contributed by atoms with van der Waals surface area (Å²) in [5.41, 5.74) is 7.08. The zero-order valence-corrected chi connectivity index (χ0v) is 12.4. The Balaban J connectivity index is 2.89. The largest absolute Gasteiger partial charge is 0.452 e. The van der Waals surface area contributed by atoms with Crippen molar-refractivity contribution >= 4 is 17.6 Å². The molecule has 0 saturated heterocycles. The molecule has 0 fully saturated rings. The lowest BCUT2D eigenvalue weighted by molar-refractivity contribution is -0.121. The number of carbonyl (C=O) groups excluding carboxylic acids is 2. The molecule has 0 heterocycles. The topological polar surface area (TPSA) is 81.4 Å². The maximum absolute atomic E-state index is 11.9. The number of carbonyl (C=O) groups is 2. The molecule has 0 aromatic heterocycles. The number of amides is 1. The lowest BCUT2D eigenvalue weighted by Gasteiger charge is -2.21. The standard InChI is InChI=1S/C15H22N2O3/c1-9(2)11(4)17-13-7-5-6-12(10(13)3)15(19)20-8-14(16)18/h5-7,9,11,17H,8H2,1-4H3,(H2,16,18)/t11-/m1/s1. The minimum atomic E-state index is -0.668. The summed E-state index contributed by atoms with van der Waals surface area (Å²) in [6.07, 6.45) is 0. The van der Waals surface area contributed by atoms with Crippen molar-refractivity contribution in [3.05, 3.63) is 29.3 Å². The van der Waals surface area contributed by atoms with E-state index in [4.69, 9.17) is 10.5 Å². The van der Waals surface area contributed by atoms with Crippen molar-refractivity contribution in [1.82, 2.24) is 0 Å². The van der Waals surface area contributed by atoms with Crippen LogP contribution in [0.25, 0.3) is 0 Å². The van der Waals surface area contributed by atoms with E-state index in [-0.39, 0.29) is 6.04 Å². The molecule has 1 rings (SSSR count). The quantitative estimate of drug-likeness (QED) is 0.781. The third-order valence-corrected chi connectivity index (χ3v) is 3.28. The van der Waals surface area contributed by atoms with Crippen LogP contribution in [0.2, 0.25) is 0 Å². The summed E-state index contributed by atoms with van der Waals surface area (Å²) in [7, 11) is 0. The van der Waals surface area contributed by atoms with Crippen LogP contribution in [-0.2, 0) is 9.53 Å². The third kappa shape index (κ3) is 4.26. The Bertz CT molecular complexity index is 498.